The summed E-state index contributed by atoms with van der Waals surface area (Å²) < 4.78 is 6.57. The zero-order chi connectivity index (χ0) is 24.3. The Bertz CT molecular complexity index is 1730. The van der Waals surface area contributed by atoms with Crippen LogP contribution in [0.15, 0.2) is 120 Å². The number of furan rings is 1. The van der Waals surface area contributed by atoms with E-state index in [1.54, 1.807) is 11.1 Å². The van der Waals surface area contributed by atoms with Gasteiger partial charge in [0.05, 0.1) is 5.69 Å². The summed E-state index contributed by atoms with van der Waals surface area (Å²) in [6.45, 7) is 0. The molecule has 2 bridgehead atoms. The molecule has 1 saturated carbocycles. The van der Waals surface area contributed by atoms with Crippen LogP contribution >= 0.6 is 0 Å². The number of fused-ring (bicyclic) bond motifs is 8. The van der Waals surface area contributed by atoms with Crippen molar-refractivity contribution in [1.82, 2.24) is 0 Å². The highest BCUT2D eigenvalue weighted by Crippen LogP contribution is 2.54. The molecule has 2 heteroatoms. The van der Waals surface area contributed by atoms with E-state index in [1.807, 2.05) is 6.07 Å². The van der Waals surface area contributed by atoms with Crippen molar-refractivity contribution < 1.29 is 4.42 Å². The van der Waals surface area contributed by atoms with Crippen LogP contribution in [-0.2, 0) is 0 Å². The first kappa shape index (κ1) is 20.8. The number of rotatable bonds is 4. The molecule has 6 aromatic rings. The van der Waals surface area contributed by atoms with Gasteiger partial charge in [-0.15, -0.1) is 0 Å². The zero-order valence-corrected chi connectivity index (χ0v) is 20.6. The summed E-state index contributed by atoms with van der Waals surface area (Å²) in [4.78, 5) is 2.32. The fourth-order valence-corrected chi connectivity index (χ4v) is 6.75. The quantitative estimate of drug-likeness (QED) is 0.251. The Morgan fingerprint density at radius 3 is 2.00 bits per heavy atom. The van der Waals surface area contributed by atoms with Gasteiger partial charge in [0, 0.05) is 22.1 Å². The third kappa shape index (κ3) is 3.25. The van der Waals surface area contributed by atoms with Crippen molar-refractivity contribution in [3.8, 4) is 11.1 Å². The smallest absolute Gasteiger partial charge is 0.159 e. The van der Waals surface area contributed by atoms with Crippen LogP contribution in [-0.4, -0.2) is 0 Å². The number of hydrogen-bond acceptors (Lipinski definition) is 2. The van der Waals surface area contributed by atoms with E-state index in [0.29, 0.717) is 0 Å². The molecule has 0 radical (unpaired) electrons. The second-order valence-corrected chi connectivity index (χ2v) is 10.5. The van der Waals surface area contributed by atoms with Crippen LogP contribution in [0.5, 0.6) is 0 Å². The van der Waals surface area contributed by atoms with Gasteiger partial charge in [0.2, 0.25) is 0 Å². The Balaban J connectivity index is 1.41. The third-order valence-electron chi connectivity index (χ3n) is 8.46. The van der Waals surface area contributed by atoms with Crippen molar-refractivity contribution in [2.45, 2.75) is 31.1 Å². The van der Waals surface area contributed by atoms with Gasteiger partial charge in [0.1, 0.15) is 5.58 Å². The molecule has 2 nitrogen and oxygen atoms in total. The molecule has 1 heterocycles. The maximum absolute atomic E-state index is 6.57. The lowest BCUT2D eigenvalue weighted by Crippen LogP contribution is -2.10. The summed E-state index contributed by atoms with van der Waals surface area (Å²) in [6, 6.07) is 41.4. The molecule has 178 valence electrons. The van der Waals surface area contributed by atoms with Crippen LogP contribution in [0.2, 0.25) is 0 Å². The normalized spacial score (nSPS) is 17.9. The SMILES string of the molecule is c1ccc(N(c2ccccc2)c2cc(-c3ccc4c(c3)C3CCC4C3)cc3c2oc2ccccc23)cc1. The molecule has 0 N–H and O–H groups in total. The number of para-hydroxylation sites is 3. The molecule has 1 fully saturated rings. The molecule has 8 rings (SSSR count). The van der Waals surface area contributed by atoms with Crippen molar-refractivity contribution in [1.29, 1.82) is 0 Å². The van der Waals surface area contributed by atoms with Gasteiger partial charge in [0.15, 0.2) is 5.58 Å². The predicted octanol–water partition coefficient (Wildman–Crippen LogP) is 10.1. The van der Waals surface area contributed by atoms with Crippen LogP contribution in [0, 0.1) is 0 Å². The first-order valence-electron chi connectivity index (χ1n) is 13.3. The molecule has 0 spiro atoms. The van der Waals surface area contributed by atoms with Crippen molar-refractivity contribution in [2.75, 3.05) is 4.90 Å². The van der Waals surface area contributed by atoms with Crippen molar-refractivity contribution >= 4 is 39.0 Å². The second kappa shape index (κ2) is 8.11. The van der Waals surface area contributed by atoms with Gasteiger partial charge in [-0.25, -0.2) is 0 Å². The minimum Gasteiger partial charge on any atom is -0.454 e. The van der Waals surface area contributed by atoms with Gasteiger partial charge in [-0.2, -0.15) is 0 Å². The van der Waals surface area contributed by atoms with E-state index in [4.69, 9.17) is 4.42 Å². The molecule has 2 aliphatic rings. The lowest BCUT2D eigenvalue weighted by molar-refractivity contribution is 0.669. The Hall–Kier alpha value is -4.30. The minimum absolute atomic E-state index is 0.739. The molecule has 2 unspecified atom stereocenters. The fourth-order valence-electron chi connectivity index (χ4n) is 6.75. The summed E-state index contributed by atoms with van der Waals surface area (Å²) in [7, 11) is 0. The van der Waals surface area contributed by atoms with Crippen molar-refractivity contribution in [2.24, 2.45) is 0 Å². The second-order valence-electron chi connectivity index (χ2n) is 10.5. The molecule has 37 heavy (non-hydrogen) atoms. The highest BCUT2D eigenvalue weighted by atomic mass is 16.3. The van der Waals surface area contributed by atoms with Gasteiger partial charge in [-0.3, -0.25) is 0 Å². The average Bonchev–Trinajstić information content (AvgIpc) is 3.68. The maximum Gasteiger partial charge on any atom is 0.159 e. The summed E-state index contributed by atoms with van der Waals surface area (Å²) in [6.07, 6.45) is 4.04. The summed E-state index contributed by atoms with van der Waals surface area (Å²) in [5.74, 6) is 1.51. The number of anilines is 3. The molecule has 5 aromatic carbocycles. The Morgan fingerprint density at radius 2 is 1.24 bits per heavy atom. The van der Waals surface area contributed by atoms with E-state index in [0.717, 1.165) is 50.8 Å². The van der Waals surface area contributed by atoms with Crippen molar-refractivity contribution in [3.63, 3.8) is 0 Å². The maximum atomic E-state index is 6.57. The van der Waals surface area contributed by atoms with Crippen LogP contribution < -0.4 is 4.90 Å². The lowest BCUT2D eigenvalue weighted by atomic mass is 9.89. The van der Waals surface area contributed by atoms with Gasteiger partial charge < -0.3 is 9.32 Å². The summed E-state index contributed by atoms with van der Waals surface area (Å²) >= 11 is 0. The highest BCUT2D eigenvalue weighted by Gasteiger charge is 2.36. The van der Waals surface area contributed by atoms with Crippen LogP contribution in [0.1, 0.15) is 42.2 Å². The monoisotopic (exact) mass is 477 g/mol. The number of nitrogens with zero attached hydrogens (tertiary/aromatic N) is 1. The predicted molar refractivity (Wildman–Crippen MR) is 153 cm³/mol. The summed E-state index contributed by atoms with van der Waals surface area (Å²) in [5, 5.41) is 2.31. The largest absolute Gasteiger partial charge is 0.454 e. The van der Waals surface area contributed by atoms with Crippen molar-refractivity contribution in [3.05, 3.63) is 126 Å². The van der Waals surface area contributed by atoms with Gasteiger partial charge in [-0.05, 0) is 95.8 Å². The molecular formula is C35H27NO. The zero-order valence-electron chi connectivity index (χ0n) is 20.6. The topological polar surface area (TPSA) is 16.4 Å². The van der Waals surface area contributed by atoms with Crippen LogP contribution in [0.3, 0.4) is 0 Å². The third-order valence-corrected chi connectivity index (χ3v) is 8.46. The minimum atomic E-state index is 0.739. The lowest BCUT2D eigenvalue weighted by Gasteiger charge is -2.26. The molecular weight excluding hydrogens is 450 g/mol. The first-order chi connectivity index (χ1) is 18.3. The van der Waals surface area contributed by atoms with Gasteiger partial charge >= 0.3 is 0 Å². The Morgan fingerprint density at radius 1 is 0.568 bits per heavy atom. The standard InChI is InChI=1S/C35H27NO/c1-3-9-27(10-4-1)36(28-11-5-2-6-12-28)33-22-26(21-32-30-13-7-8-14-34(30)37-35(32)33)23-17-18-29-24-15-16-25(19-24)31(29)20-23/h1-14,17-18,20-22,24-25H,15-16,19H2. The number of benzene rings is 5. The average molecular weight is 478 g/mol. The van der Waals surface area contributed by atoms with Gasteiger partial charge in [0.25, 0.3) is 0 Å². The van der Waals surface area contributed by atoms with E-state index < -0.39 is 0 Å². The molecule has 0 saturated heterocycles. The summed E-state index contributed by atoms with van der Waals surface area (Å²) in [5.41, 5.74) is 10.8. The van der Waals surface area contributed by atoms with Gasteiger partial charge in [-0.1, -0.05) is 72.8 Å². The molecule has 0 amide bonds. The van der Waals surface area contributed by atoms with E-state index in [9.17, 15) is 0 Å². The molecule has 1 aromatic heterocycles. The van der Waals surface area contributed by atoms with E-state index in [1.165, 1.54) is 30.4 Å². The fraction of sp³-hybridized carbons (Fsp3) is 0.143. The molecule has 2 aliphatic carbocycles. The van der Waals surface area contributed by atoms with Crippen LogP contribution in [0.4, 0.5) is 17.1 Å². The first-order valence-corrected chi connectivity index (χ1v) is 13.3. The number of hydrogen-bond donors (Lipinski definition) is 0. The van der Waals surface area contributed by atoms with E-state index >= 15 is 0 Å². The van der Waals surface area contributed by atoms with E-state index in [2.05, 4.69) is 114 Å². The molecule has 0 aliphatic heterocycles. The van der Waals surface area contributed by atoms with E-state index in [-0.39, 0.29) is 0 Å². The van der Waals surface area contributed by atoms with Crippen LogP contribution in [0.25, 0.3) is 33.1 Å². The molecule has 2 atom stereocenters. The Kier molecular flexibility index (Phi) is 4.57. The highest BCUT2D eigenvalue weighted by molar-refractivity contribution is 6.12. The Labute approximate surface area is 216 Å².